The number of aliphatic carboxylic acids is 1. The van der Waals surface area contributed by atoms with Gasteiger partial charge in [0, 0.05) is 30.1 Å². The highest BCUT2D eigenvalue weighted by Crippen LogP contribution is 2.40. The second-order valence-corrected chi connectivity index (χ2v) is 9.60. The average molecular weight is 458 g/mol. The molecule has 0 amide bonds. The zero-order chi connectivity index (χ0) is 25.1. The van der Waals surface area contributed by atoms with Crippen LogP contribution in [0.2, 0.25) is 0 Å². The molecule has 0 radical (unpaired) electrons. The summed E-state index contributed by atoms with van der Waals surface area (Å²) in [6.45, 7) is 13.3. The third kappa shape index (κ3) is 8.15. The molecular weight excluding hydrogens is 426 g/mol. The Morgan fingerprint density at radius 3 is 1.97 bits per heavy atom. The van der Waals surface area contributed by atoms with Gasteiger partial charge in [0.15, 0.2) is 0 Å². The van der Waals surface area contributed by atoms with Crippen molar-refractivity contribution >= 4 is 5.97 Å². The quantitative estimate of drug-likeness (QED) is 0.461. The first-order chi connectivity index (χ1) is 14.3. The minimum atomic E-state index is -4.81. The van der Waals surface area contributed by atoms with Crippen molar-refractivity contribution in [2.24, 2.45) is 0 Å². The Morgan fingerprint density at radius 2 is 1.53 bits per heavy atom. The number of carbonyl (C=O) groups is 1. The SMILES string of the molecule is CC(=O)O.CC(C)(C)NCc1cc(C(C)(C)C)cc(-c2ccc(F)c(C(F)(F)F)c2)c1O. The second kappa shape index (κ2) is 9.90. The van der Waals surface area contributed by atoms with Crippen molar-refractivity contribution in [1.29, 1.82) is 0 Å². The first kappa shape index (κ1) is 27.4. The van der Waals surface area contributed by atoms with E-state index in [-0.39, 0.29) is 27.8 Å². The number of carboxylic acids is 1. The van der Waals surface area contributed by atoms with Crippen LogP contribution in [0.5, 0.6) is 5.75 Å². The zero-order valence-electron chi connectivity index (χ0n) is 19.4. The number of halogens is 4. The van der Waals surface area contributed by atoms with E-state index in [4.69, 9.17) is 9.90 Å². The highest BCUT2D eigenvalue weighted by molar-refractivity contribution is 5.74. The number of benzene rings is 2. The number of hydrogen-bond acceptors (Lipinski definition) is 3. The summed E-state index contributed by atoms with van der Waals surface area (Å²) in [5.41, 5.74) is -0.0211. The second-order valence-electron chi connectivity index (χ2n) is 9.60. The van der Waals surface area contributed by atoms with Crippen molar-refractivity contribution in [2.45, 2.75) is 72.1 Å². The molecule has 0 aliphatic rings. The molecule has 0 spiro atoms. The van der Waals surface area contributed by atoms with Crippen LogP contribution in [0.1, 0.15) is 65.2 Å². The van der Waals surface area contributed by atoms with E-state index in [1.165, 1.54) is 6.07 Å². The molecule has 0 heterocycles. The molecule has 0 atom stereocenters. The van der Waals surface area contributed by atoms with Gasteiger partial charge in [-0.2, -0.15) is 13.2 Å². The van der Waals surface area contributed by atoms with Crippen LogP contribution in [-0.2, 0) is 22.9 Å². The van der Waals surface area contributed by atoms with Crippen LogP contribution in [0, 0.1) is 5.82 Å². The van der Waals surface area contributed by atoms with Gasteiger partial charge in [0.05, 0.1) is 5.56 Å². The van der Waals surface area contributed by atoms with E-state index >= 15 is 0 Å². The van der Waals surface area contributed by atoms with Gasteiger partial charge in [-0.05, 0) is 55.5 Å². The van der Waals surface area contributed by atoms with Crippen molar-refractivity contribution in [3.8, 4) is 16.9 Å². The number of hydrogen-bond donors (Lipinski definition) is 3. The number of alkyl halides is 3. The molecule has 0 aliphatic carbocycles. The first-order valence-electron chi connectivity index (χ1n) is 10.0. The molecule has 0 saturated heterocycles. The summed E-state index contributed by atoms with van der Waals surface area (Å²) >= 11 is 0. The zero-order valence-corrected chi connectivity index (χ0v) is 19.4. The van der Waals surface area contributed by atoms with E-state index in [1.807, 2.05) is 47.6 Å². The molecule has 0 fully saturated rings. The van der Waals surface area contributed by atoms with Gasteiger partial charge in [-0.15, -0.1) is 0 Å². The topological polar surface area (TPSA) is 69.6 Å². The fourth-order valence-electron chi connectivity index (χ4n) is 2.75. The Labute approximate surface area is 186 Å². The van der Waals surface area contributed by atoms with E-state index in [0.717, 1.165) is 24.6 Å². The predicted molar refractivity (Wildman–Crippen MR) is 117 cm³/mol. The van der Waals surface area contributed by atoms with Crippen LogP contribution in [0.15, 0.2) is 30.3 Å². The Morgan fingerprint density at radius 1 is 1.00 bits per heavy atom. The summed E-state index contributed by atoms with van der Waals surface area (Å²) in [6.07, 6.45) is -4.81. The lowest BCUT2D eigenvalue weighted by molar-refractivity contribution is -0.140. The third-order valence-corrected chi connectivity index (χ3v) is 4.45. The first-order valence-corrected chi connectivity index (χ1v) is 10.0. The lowest BCUT2D eigenvalue weighted by atomic mass is 9.83. The van der Waals surface area contributed by atoms with Gasteiger partial charge >= 0.3 is 6.18 Å². The number of nitrogens with one attached hydrogen (secondary N) is 1. The summed E-state index contributed by atoms with van der Waals surface area (Å²) in [5.74, 6) is -2.28. The molecule has 0 saturated carbocycles. The van der Waals surface area contributed by atoms with Crippen LogP contribution in [0.4, 0.5) is 17.6 Å². The summed E-state index contributed by atoms with van der Waals surface area (Å²) in [6, 6.07) is 6.31. The van der Waals surface area contributed by atoms with Gasteiger partial charge in [0.2, 0.25) is 0 Å². The largest absolute Gasteiger partial charge is 0.507 e. The number of rotatable bonds is 3. The average Bonchev–Trinajstić information content (AvgIpc) is 2.58. The van der Waals surface area contributed by atoms with E-state index in [2.05, 4.69) is 5.32 Å². The number of aromatic hydroxyl groups is 1. The minimum Gasteiger partial charge on any atom is -0.507 e. The molecule has 3 N–H and O–H groups in total. The van der Waals surface area contributed by atoms with E-state index in [9.17, 15) is 22.7 Å². The molecule has 178 valence electrons. The molecule has 8 heteroatoms. The van der Waals surface area contributed by atoms with Crippen LogP contribution in [0.25, 0.3) is 11.1 Å². The Hall–Kier alpha value is -2.61. The fraction of sp³-hybridized carbons (Fsp3) is 0.458. The molecule has 32 heavy (non-hydrogen) atoms. The third-order valence-electron chi connectivity index (χ3n) is 4.45. The van der Waals surface area contributed by atoms with Crippen LogP contribution in [-0.4, -0.2) is 21.7 Å². The van der Waals surface area contributed by atoms with Gasteiger partial charge in [-0.1, -0.05) is 32.9 Å². The normalized spacial score (nSPS) is 12.2. The highest BCUT2D eigenvalue weighted by Gasteiger charge is 2.34. The predicted octanol–water partition coefficient (Wildman–Crippen LogP) is 6.49. The molecular formula is C24H31F4NO3. The maximum Gasteiger partial charge on any atom is 0.419 e. The van der Waals surface area contributed by atoms with Crippen LogP contribution in [0.3, 0.4) is 0 Å². The van der Waals surface area contributed by atoms with Crippen molar-refractivity contribution in [1.82, 2.24) is 5.32 Å². The summed E-state index contributed by atoms with van der Waals surface area (Å²) < 4.78 is 53.1. The molecule has 4 nitrogen and oxygen atoms in total. The monoisotopic (exact) mass is 457 g/mol. The summed E-state index contributed by atoms with van der Waals surface area (Å²) in [7, 11) is 0. The van der Waals surface area contributed by atoms with Crippen LogP contribution < -0.4 is 5.32 Å². The highest BCUT2D eigenvalue weighted by atomic mass is 19.4. The van der Waals surface area contributed by atoms with Gasteiger partial charge in [-0.3, -0.25) is 4.79 Å². The molecule has 0 aliphatic heterocycles. The number of phenolic OH excluding ortho intramolecular Hbond substituents is 1. The molecule has 2 aromatic carbocycles. The molecule has 2 aromatic rings. The lowest BCUT2D eigenvalue weighted by Crippen LogP contribution is -2.35. The van der Waals surface area contributed by atoms with Crippen molar-refractivity contribution in [3.63, 3.8) is 0 Å². The summed E-state index contributed by atoms with van der Waals surface area (Å²) in [5, 5.41) is 21.5. The Bertz CT molecular complexity index is 951. The Balaban J connectivity index is 0.00000118. The molecule has 0 bridgehead atoms. The van der Waals surface area contributed by atoms with Gasteiger partial charge in [0.25, 0.3) is 5.97 Å². The van der Waals surface area contributed by atoms with Gasteiger partial charge < -0.3 is 15.5 Å². The minimum absolute atomic E-state index is 0.107. The maximum absolute atomic E-state index is 13.7. The van der Waals surface area contributed by atoms with Gasteiger partial charge in [0.1, 0.15) is 11.6 Å². The molecule has 0 unspecified atom stereocenters. The lowest BCUT2D eigenvalue weighted by Gasteiger charge is -2.25. The standard InChI is InChI=1S/C22H27F4NO.C2H4O2/c1-20(2,3)15-9-14(12-27-21(4,5)6)19(28)16(11-15)13-7-8-18(23)17(10-13)22(24,25)26;1-2(3)4/h7-11,27-28H,12H2,1-6H3;1H3,(H,3,4). The van der Waals surface area contributed by atoms with E-state index in [1.54, 1.807) is 6.07 Å². The fourth-order valence-corrected chi connectivity index (χ4v) is 2.75. The smallest absolute Gasteiger partial charge is 0.419 e. The Kier molecular flexibility index (Phi) is 8.48. The van der Waals surface area contributed by atoms with Crippen molar-refractivity contribution in [3.05, 3.63) is 52.8 Å². The van der Waals surface area contributed by atoms with E-state index < -0.39 is 23.5 Å². The van der Waals surface area contributed by atoms with E-state index in [0.29, 0.717) is 12.1 Å². The van der Waals surface area contributed by atoms with Crippen molar-refractivity contribution < 1.29 is 32.6 Å². The molecule has 2 rings (SSSR count). The maximum atomic E-state index is 13.7. The van der Waals surface area contributed by atoms with Crippen LogP contribution >= 0.6 is 0 Å². The summed E-state index contributed by atoms with van der Waals surface area (Å²) in [4.78, 5) is 9.00. The number of phenols is 1. The number of carboxylic acid groups (broad SMARTS) is 1. The van der Waals surface area contributed by atoms with Gasteiger partial charge in [-0.25, -0.2) is 4.39 Å². The molecule has 0 aromatic heterocycles. The van der Waals surface area contributed by atoms with Crippen molar-refractivity contribution in [2.75, 3.05) is 0 Å².